The number of nitrogen functional groups attached to an aromatic ring is 1. The predicted octanol–water partition coefficient (Wildman–Crippen LogP) is -0.476. The summed E-state index contributed by atoms with van der Waals surface area (Å²) >= 11 is 0.948. The monoisotopic (exact) mass is 267 g/mol. The number of carbonyl (C=O) groups is 1. The van der Waals surface area contributed by atoms with Crippen molar-refractivity contribution in [2.45, 2.75) is 5.16 Å². The number of aliphatic carboxylic acids is 1. The van der Waals surface area contributed by atoms with Gasteiger partial charge in [0.25, 0.3) is 0 Å². The molecule has 9 heteroatoms. The molecule has 0 spiro atoms. The molecule has 0 radical (unpaired) electrons. The Labute approximate surface area is 105 Å². The van der Waals surface area contributed by atoms with Gasteiger partial charge in [-0.1, -0.05) is 17.8 Å². The first kappa shape index (κ1) is 12.2. The molecule has 2 aromatic rings. The molecular formula is C9H9N5O3S. The number of aromatic nitrogens is 4. The van der Waals surface area contributed by atoms with E-state index in [2.05, 4.69) is 15.2 Å². The maximum absolute atomic E-state index is 11.2. The van der Waals surface area contributed by atoms with Gasteiger partial charge in [0.05, 0.1) is 11.4 Å². The average Bonchev–Trinajstić information content (AvgIpc) is 2.68. The van der Waals surface area contributed by atoms with E-state index in [1.54, 1.807) is 12.1 Å². The number of nitrogens with two attached hydrogens (primary N) is 1. The van der Waals surface area contributed by atoms with E-state index >= 15 is 0 Å². The van der Waals surface area contributed by atoms with E-state index in [1.807, 2.05) is 0 Å². The van der Waals surface area contributed by atoms with Crippen molar-refractivity contribution >= 4 is 17.7 Å². The van der Waals surface area contributed by atoms with Crippen LogP contribution in [0.4, 0.5) is 0 Å². The van der Waals surface area contributed by atoms with Crippen molar-refractivity contribution < 1.29 is 9.90 Å². The molecule has 0 aliphatic rings. The smallest absolute Gasteiger partial charge is 0.313 e. The fraction of sp³-hybridized carbons (Fsp3) is 0.111. The molecule has 8 nitrogen and oxygen atoms in total. The van der Waals surface area contributed by atoms with Gasteiger partial charge < -0.3 is 15.9 Å². The summed E-state index contributed by atoms with van der Waals surface area (Å²) in [5, 5.41) is 16.4. The van der Waals surface area contributed by atoms with Crippen LogP contribution in [0.15, 0.2) is 28.2 Å². The Kier molecular flexibility index (Phi) is 3.33. The first-order valence-electron chi connectivity index (χ1n) is 4.82. The standard InChI is InChI=1S/C9H9N5O3S/c10-14-8(5-2-1-3-6(15)11-5)12-13-9(14)18-4-7(16)17/h1-3H,4,10H2,(H,11,15)(H,16,17). The Morgan fingerprint density at radius 3 is 2.94 bits per heavy atom. The normalized spacial score (nSPS) is 10.4. The summed E-state index contributed by atoms with van der Waals surface area (Å²) in [5.74, 6) is 4.85. The highest BCUT2D eigenvalue weighted by molar-refractivity contribution is 7.99. The van der Waals surface area contributed by atoms with Crippen molar-refractivity contribution in [2.24, 2.45) is 0 Å². The van der Waals surface area contributed by atoms with Gasteiger partial charge in [0.15, 0.2) is 5.82 Å². The minimum atomic E-state index is -0.974. The Morgan fingerprint density at radius 1 is 1.50 bits per heavy atom. The van der Waals surface area contributed by atoms with Gasteiger partial charge in [-0.3, -0.25) is 9.59 Å². The Hall–Kier alpha value is -2.29. The van der Waals surface area contributed by atoms with E-state index in [-0.39, 0.29) is 22.3 Å². The fourth-order valence-electron chi connectivity index (χ4n) is 1.26. The van der Waals surface area contributed by atoms with E-state index in [9.17, 15) is 9.59 Å². The zero-order valence-corrected chi connectivity index (χ0v) is 9.85. The van der Waals surface area contributed by atoms with Crippen LogP contribution < -0.4 is 11.4 Å². The quantitative estimate of drug-likeness (QED) is 0.504. The number of nitrogens with zero attached hydrogens (tertiary/aromatic N) is 3. The van der Waals surface area contributed by atoms with Gasteiger partial charge in [0.1, 0.15) is 0 Å². The van der Waals surface area contributed by atoms with Crippen LogP contribution in [0, 0.1) is 0 Å². The number of carboxylic acids is 1. The summed E-state index contributed by atoms with van der Waals surface area (Å²) in [7, 11) is 0. The number of hydrogen-bond donors (Lipinski definition) is 3. The zero-order valence-electron chi connectivity index (χ0n) is 9.03. The maximum atomic E-state index is 11.2. The molecule has 0 unspecified atom stereocenters. The maximum Gasteiger partial charge on any atom is 0.313 e. The van der Waals surface area contributed by atoms with Gasteiger partial charge in [-0.05, 0) is 6.07 Å². The van der Waals surface area contributed by atoms with Crippen molar-refractivity contribution in [3.8, 4) is 11.5 Å². The molecule has 2 rings (SSSR count). The fourth-order valence-corrected chi connectivity index (χ4v) is 1.84. The lowest BCUT2D eigenvalue weighted by Crippen LogP contribution is -2.14. The van der Waals surface area contributed by atoms with Crippen LogP contribution in [-0.4, -0.2) is 36.7 Å². The minimum Gasteiger partial charge on any atom is -0.481 e. The molecule has 0 saturated heterocycles. The van der Waals surface area contributed by atoms with Crippen LogP contribution in [-0.2, 0) is 4.79 Å². The number of rotatable bonds is 4. The van der Waals surface area contributed by atoms with Gasteiger partial charge in [0.2, 0.25) is 10.7 Å². The van der Waals surface area contributed by atoms with E-state index in [0.29, 0.717) is 5.69 Å². The van der Waals surface area contributed by atoms with Crippen LogP contribution in [0.3, 0.4) is 0 Å². The highest BCUT2D eigenvalue weighted by Gasteiger charge is 2.13. The number of carboxylic acid groups (broad SMARTS) is 1. The highest BCUT2D eigenvalue weighted by Crippen LogP contribution is 2.18. The lowest BCUT2D eigenvalue weighted by Gasteiger charge is -2.01. The second-order valence-corrected chi connectivity index (χ2v) is 4.23. The third-order valence-corrected chi connectivity index (χ3v) is 2.93. The van der Waals surface area contributed by atoms with Crippen molar-refractivity contribution in [3.05, 3.63) is 28.6 Å². The second-order valence-electron chi connectivity index (χ2n) is 3.29. The van der Waals surface area contributed by atoms with Crippen molar-refractivity contribution in [1.29, 1.82) is 0 Å². The van der Waals surface area contributed by atoms with Gasteiger partial charge in [-0.2, -0.15) is 0 Å². The van der Waals surface area contributed by atoms with Crippen LogP contribution in [0.2, 0.25) is 0 Å². The molecule has 4 N–H and O–H groups in total. The van der Waals surface area contributed by atoms with Gasteiger partial charge in [-0.25, -0.2) is 4.68 Å². The van der Waals surface area contributed by atoms with Crippen LogP contribution in [0.1, 0.15) is 0 Å². The topological polar surface area (TPSA) is 127 Å². The molecule has 0 aliphatic carbocycles. The third-order valence-electron chi connectivity index (χ3n) is 2.00. The summed E-state index contributed by atoms with van der Waals surface area (Å²) in [4.78, 5) is 24.2. The number of nitrogens with one attached hydrogen (secondary N) is 1. The minimum absolute atomic E-state index is 0.166. The average molecular weight is 267 g/mol. The highest BCUT2D eigenvalue weighted by atomic mass is 32.2. The lowest BCUT2D eigenvalue weighted by molar-refractivity contribution is -0.133. The van der Waals surface area contributed by atoms with Crippen molar-refractivity contribution in [1.82, 2.24) is 19.9 Å². The van der Waals surface area contributed by atoms with E-state index < -0.39 is 5.97 Å². The van der Waals surface area contributed by atoms with E-state index in [4.69, 9.17) is 10.9 Å². The van der Waals surface area contributed by atoms with E-state index in [1.165, 1.54) is 6.07 Å². The number of H-pyrrole nitrogens is 1. The second kappa shape index (κ2) is 4.92. The van der Waals surface area contributed by atoms with Crippen molar-refractivity contribution in [3.63, 3.8) is 0 Å². The summed E-state index contributed by atoms with van der Waals surface area (Å²) in [5.41, 5.74) is 0.134. The Bertz CT molecular complexity index is 635. The van der Waals surface area contributed by atoms with Crippen LogP contribution >= 0.6 is 11.8 Å². The molecular weight excluding hydrogens is 258 g/mol. The first-order valence-corrected chi connectivity index (χ1v) is 5.81. The predicted molar refractivity (Wildman–Crippen MR) is 64.6 cm³/mol. The number of hydrogen-bond acceptors (Lipinski definition) is 6. The van der Waals surface area contributed by atoms with E-state index in [0.717, 1.165) is 16.4 Å². The summed E-state index contributed by atoms with van der Waals surface area (Å²) in [6, 6.07) is 4.55. The molecule has 2 aromatic heterocycles. The molecule has 0 aromatic carbocycles. The summed E-state index contributed by atoms with van der Waals surface area (Å²) < 4.78 is 1.14. The van der Waals surface area contributed by atoms with Crippen LogP contribution in [0.25, 0.3) is 11.5 Å². The Morgan fingerprint density at radius 2 is 2.28 bits per heavy atom. The van der Waals surface area contributed by atoms with Gasteiger partial charge >= 0.3 is 5.97 Å². The lowest BCUT2D eigenvalue weighted by atomic mass is 10.3. The molecule has 0 aliphatic heterocycles. The molecule has 0 amide bonds. The number of thioether (sulfide) groups is 1. The zero-order chi connectivity index (χ0) is 13.1. The molecule has 0 atom stereocenters. The molecule has 18 heavy (non-hydrogen) atoms. The van der Waals surface area contributed by atoms with Gasteiger partial charge in [0, 0.05) is 6.07 Å². The number of pyridine rings is 1. The van der Waals surface area contributed by atoms with Gasteiger partial charge in [-0.15, -0.1) is 10.2 Å². The molecule has 94 valence electrons. The summed E-state index contributed by atoms with van der Waals surface area (Å²) in [6.45, 7) is 0. The molecule has 0 bridgehead atoms. The molecule has 2 heterocycles. The molecule has 0 fully saturated rings. The first-order chi connectivity index (χ1) is 8.58. The Balaban J connectivity index is 2.30. The molecule has 0 saturated carbocycles. The van der Waals surface area contributed by atoms with Crippen LogP contribution in [0.5, 0.6) is 0 Å². The SMILES string of the molecule is Nn1c(SCC(=O)O)nnc1-c1cccc(=O)[nH]1. The largest absolute Gasteiger partial charge is 0.481 e. The third kappa shape index (κ3) is 2.51. The summed E-state index contributed by atoms with van der Waals surface area (Å²) in [6.07, 6.45) is 0. The number of aromatic amines is 1. The van der Waals surface area contributed by atoms with Crippen molar-refractivity contribution in [2.75, 3.05) is 11.6 Å².